The smallest absolute Gasteiger partial charge is 0.356 e. The Morgan fingerprint density at radius 2 is 2.37 bits per heavy atom. The second kappa shape index (κ2) is 4.83. The molecule has 0 amide bonds. The zero-order valence-corrected chi connectivity index (χ0v) is 11.0. The standard InChI is InChI=1S/C13H14ClN3O2/c14-10-5-1-4-9-11(13(18)19)16-12(17(9)10)8-3-2-6-15-7-8/h1,4-5,8,15H,2-3,6-7H2,(H,18,19). The predicted octanol–water partition coefficient (Wildman–Crippen LogP) is 2.15. The number of nitrogens with zero attached hydrogens (tertiary/aromatic N) is 2. The topological polar surface area (TPSA) is 66.6 Å². The summed E-state index contributed by atoms with van der Waals surface area (Å²) in [6.07, 6.45) is 2.06. The molecule has 0 aliphatic carbocycles. The van der Waals surface area contributed by atoms with Crippen LogP contribution in [0.2, 0.25) is 5.15 Å². The number of halogens is 1. The maximum Gasteiger partial charge on any atom is 0.356 e. The van der Waals surface area contributed by atoms with Crippen molar-refractivity contribution < 1.29 is 9.90 Å². The molecule has 1 saturated heterocycles. The lowest BCUT2D eigenvalue weighted by Crippen LogP contribution is -2.29. The maximum atomic E-state index is 11.3. The predicted molar refractivity (Wildman–Crippen MR) is 72.0 cm³/mol. The molecule has 0 saturated carbocycles. The summed E-state index contributed by atoms with van der Waals surface area (Å²) in [7, 11) is 0. The van der Waals surface area contributed by atoms with Gasteiger partial charge in [-0.3, -0.25) is 4.40 Å². The fourth-order valence-corrected chi connectivity index (χ4v) is 2.88. The van der Waals surface area contributed by atoms with Crippen LogP contribution in [0.4, 0.5) is 0 Å². The molecular formula is C13H14ClN3O2. The molecule has 2 N–H and O–H groups in total. The van der Waals surface area contributed by atoms with E-state index in [0.717, 1.165) is 31.8 Å². The molecule has 1 atom stereocenters. The van der Waals surface area contributed by atoms with Crippen molar-refractivity contribution in [3.8, 4) is 0 Å². The lowest BCUT2D eigenvalue weighted by Gasteiger charge is -2.21. The van der Waals surface area contributed by atoms with E-state index in [2.05, 4.69) is 10.3 Å². The van der Waals surface area contributed by atoms with Gasteiger partial charge in [-0.25, -0.2) is 9.78 Å². The minimum absolute atomic E-state index is 0.0723. The Kier molecular flexibility index (Phi) is 3.16. The van der Waals surface area contributed by atoms with E-state index in [1.165, 1.54) is 0 Å². The minimum Gasteiger partial charge on any atom is -0.476 e. The summed E-state index contributed by atoms with van der Waals surface area (Å²) in [5.74, 6) is -0.0748. The summed E-state index contributed by atoms with van der Waals surface area (Å²) in [5, 5.41) is 13.1. The molecular weight excluding hydrogens is 266 g/mol. The first-order valence-corrected chi connectivity index (χ1v) is 6.67. The number of rotatable bonds is 2. The van der Waals surface area contributed by atoms with Gasteiger partial charge < -0.3 is 10.4 Å². The normalized spacial score (nSPS) is 19.7. The monoisotopic (exact) mass is 279 g/mol. The average molecular weight is 280 g/mol. The van der Waals surface area contributed by atoms with Crippen LogP contribution >= 0.6 is 11.6 Å². The number of aromatic carboxylic acids is 1. The summed E-state index contributed by atoms with van der Waals surface area (Å²) < 4.78 is 1.75. The van der Waals surface area contributed by atoms with Gasteiger partial charge in [0, 0.05) is 12.5 Å². The minimum atomic E-state index is -1.02. The van der Waals surface area contributed by atoms with Crippen LogP contribution in [0.3, 0.4) is 0 Å². The van der Waals surface area contributed by atoms with Crippen LogP contribution in [0, 0.1) is 0 Å². The van der Waals surface area contributed by atoms with Gasteiger partial charge in [0.15, 0.2) is 5.69 Å². The lowest BCUT2D eigenvalue weighted by molar-refractivity contribution is 0.0693. The summed E-state index contributed by atoms with van der Waals surface area (Å²) in [6.45, 7) is 1.81. The summed E-state index contributed by atoms with van der Waals surface area (Å²) in [5.41, 5.74) is 0.628. The van der Waals surface area contributed by atoms with Crippen molar-refractivity contribution in [2.45, 2.75) is 18.8 Å². The van der Waals surface area contributed by atoms with Gasteiger partial charge in [0.05, 0.1) is 5.52 Å². The van der Waals surface area contributed by atoms with Gasteiger partial charge in [0.25, 0.3) is 0 Å². The Bertz CT molecular complexity index is 632. The van der Waals surface area contributed by atoms with Crippen molar-refractivity contribution in [1.29, 1.82) is 0 Å². The average Bonchev–Trinajstić information content (AvgIpc) is 2.81. The number of carboxylic acids is 1. The van der Waals surface area contributed by atoms with Crippen LogP contribution in [0.5, 0.6) is 0 Å². The number of fused-ring (bicyclic) bond motifs is 1. The molecule has 3 heterocycles. The van der Waals surface area contributed by atoms with Crippen LogP contribution in [-0.2, 0) is 0 Å². The van der Waals surface area contributed by atoms with Crippen molar-refractivity contribution in [2.24, 2.45) is 0 Å². The molecule has 1 aliphatic rings. The second-order valence-corrected chi connectivity index (χ2v) is 5.12. The third-order valence-corrected chi connectivity index (χ3v) is 3.80. The number of imidazole rings is 1. The summed E-state index contributed by atoms with van der Waals surface area (Å²) in [4.78, 5) is 15.6. The van der Waals surface area contributed by atoms with E-state index in [1.807, 2.05) is 0 Å². The Balaban J connectivity index is 2.20. The molecule has 1 aliphatic heterocycles. The van der Waals surface area contributed by atoms with Crippen LogP contribution in [0.25, 0.3) is 5.52 Å². The highest BCUT2D eigenvalue weighted by molar-refractivity contribution is 6.30. The first kappa shape index (κ1) is 12.4. The first-order chi connectivity index (χ1) is 9.18. The van der Waals surface area contributed by atoms with Gasteiger partial charge in [0.1, 0.15) is 11.0 Å². The molecule has 100 valence electrons. The van der Waals surface area contributed by atoms with Gasteiger partial charge in [-0.1, -0.05) is 17.7 Å². The lowest BCUT2D eigenvalue weighted by atomic mass is 9.99. The molecule has 0 bridgehead atoms. The molecule has 0 aromatic carbocycles. The van der Waals surface area contributed by atoms with E-state index in [-0.39, 0.29) is 11.6 Å². The van der Waals surface area contributed by atoms with Crippen molar-refractivity contribution in [3.05, 3.63) is 34.9 Å². The fraction of sp³-hybridized carbons (Fsp3) is 0.385. The SMILES string of the molecule is O=C(O)c1nc(C2CCCNC2)n2c(Cl)cccc12. The van der Waals surface area contributed by atoms with E-state index in [4.69, 9.17) is 11.6 Å². The Morgan fingerprint density at radius 1 is 1.53 bits per heavy atom. The molecule has 0 spiro atoms. The molecule has 3 rings (SSSR count). The molecule has 19 heavy (non-hydrogen) atoms. The van der Waals surface area contributed by atoms with Gasteiger partial charge >= 0.3 is 5.97 Å². The molecule has 2 aromatic rings. The zero-order chi connectivity index (χ0) is 13.4. The van der Waals surface area contributed by atoms with Gasteiger partial charge in [-0.05, 0) is 31.5 Å². The Hall–Kier alpha value is -1.59. The van der Waals surface area contributed by atoms with Crippen LogP contribution in [-0.4, -0.2) is 33.6 Å². The highest BCUT2D eigenvalue weighted by atomic mass is 35.5. The molecule has 1 fully saturated rings. The Morgan fingerprint density at radius 3 is 3.05 bits per heavy atom. The molecule has 5 nitrogen and oxygen atoms in total. The zero-order valence-electron chi connectivity index (χ0n) is 10.3. The number of nitrogens with one attached hydrogen (secondary N) is 1. The maximum absolute atomic E-state index is 11.3. The van der Waals surface area contributed by atoms with E-state index >= 15 is 0 Å². The van der Waals surface area contributed by atoms with Crippen molar-refractivity contribution in [3.63, 3.8) is 0 Å². The fourth-order valence-electron chi connectivity index (χ4n) is 2.63. The van der Waals surface area contributed by atoms with Crippen LogP contribution < -0.4 is 5.32 Å². The molecule has 6 heteroatoms. The quantitative estimate of drug-likeness (QED) is 0.827. The van der Waals surface area contributed by atoms with Crippen molar-refractivity contribution in [1.82, 2.24) is 14.7 Å². The molecule has 0 radical (unpaired) electrons. The number of piperidine rings is 1. The summed E-state index contributed by atoms with van der Waals surface area (Å²) >= 11 is 6.21. The van der Waals surface area contributed by atoms with E-state index in [9.17, 15) is 9.90 Å². The third kappa shape index (κ3) is 2.09. The van der Waals surface area contributed by atoms with Gasteiger partial charge in [-0.15, -0.1) is 0 Å². The number of aromatic nitrogens is 2. The first-order valence-electron chi connectivity index (χ1n) is 6.29. The van der Waals surface area contributed by atoms with E-state index in [0.29, 0.717) is 10.7 Å². The summed E-state index contributed by atoms with van der Waals surface area (Å²) in [6, 6.07) is 5.23. The van der Waals surface area contributed by atoms with Crippen LogP contribution in [0.15, 0.2) is 18.2 Å². The van der Waals surface area contributed by atoms with Crippen molar-refractivity contribution >= 4 is 23.1 Å². The number of carboxylic acid groups (broad SMARTS) is 1. The van der Waals surface area contributed by atoms with Gasteiger partial charge in [0.2, 0.25) is 0 Å². The largest absolute Gasteiger partial charge is 0.476 e. The number of hydrogen-bond acceptors (Lipinski definition) is 3. The van der Waals surface area contributed by atoms with Gasteiger partial charge in [-0.2, -0.15) is 0 Å². The second-order valence-electron chi connectivity index (χ2n) is 4.74. The highest BCUT2D eigenvalue weighted by Gasteiger charge is 2.25. The van der Waals surface area contributed by atoms with E-state index < -0.39 is 5.97 Å². The molecule has 1 unspecified atom stereocenters. The Labute approximate surface area is 115 Å². The number of hydrogen-bond donors (Lipinski definition) is 2. The highest BCUT2D eigenvalue weighted by Crippen LogP contribution is 2.28. The number of pyridine rings is 1. The van der Waals surface area contributed by atoms with Crippen molar-refractivity contribution in [2.75, 3.05) is 13.1 Å². The third-order valence-electron chi connectivity index (χ3n) is 3.51. The molecule has 2 aromatic heterocycles. The van der Waals surface area contributed by atoms with Crippen LogP contribution in [0.1, 0.15) is 35.1 Å². The van der Waals surface area contributed by atoms with E-state index in [1.54, 1.807) is 22.6 Å². The number of carbonyl (C=O) groups is 1.